The predicted molar refractivity (Wildman–Crippen MR) is 91.8 cm³/mol. The second-order valence-corrected chi connectivity index (χ2v) is 8.84. The van der Waals surface area contributed by atoms with Crippen LogP contribution in [0.1, 0.15) is 25.7 Å². The maximum absolute atomic E-state index is 12.2. The summed E-state index contributed by atoms with van der Waals surface area (Å²) in [6, 6.07) is 1.97. The lowest BCUT2D eigenvalue weighted by molar-refractivity contribution is -0.145. The Bertz CT molecular complexity index is 771. The van der Waals surface area contributed by atoms with E-state index >= 15 is 0 Å². The molecule has 0 aromatic carbocycles. The number of nitrogens with zero attached hydrogens (tertiary/aromatic N) is 1. The van der Waals surface area contributed by atoms with Crippen LogP contribution in [-0.4, -0.2) is 57.5 Å². The van der Waals surface area contributed by atoms with Gasteiger partial charge in [0.1, 0.15) is 0 Å². The first-order valence-corrected chi connectivity index (χ1v) is 10.00. The van der Waals surface area contributed by atoms with Crippen LogP contribution >= 0.6 is 12.2 Å². The third kappa shape index (κ3) is 3.66. The fraction of sp³-hybridized carbons (Fsp3) is 0.571. The van der Waals surface area contributed by atoms with Crippen molar-refractivity contribution in [3.63, 3.8) is 0 Å². The molecule has 0 saturated carbocycles. The van der Waals surface area contributed by atoms with Crippen LogP contribution in [-0.2, 0) is 14.6 Å². The average molecular weight is 389 g/mol. The van der Waals surface area contributed by atoms with Gasteiger partial charge in [-0.3, -0.25) is 0 Å². The molecule has 3 rings (SSSR count). The van der Waals surface area contributed by atoms with E-state index in [9.17, 15) is 23.4 Å². The van der Waals surface area contributed by atoms with E-state index in [2.05, 4.69) is 10.6 Å². The number of aromatic hydroxyl groups is 2. The molecular formula is C14H19N3O6S2. The van der Waals surface area contributed by atoms with Gasteiger partial charge < -0.3 is 25.7 Å². The van der Waals surface area contributed by atoms with Crippen LogP contribution < -0.4 is 15.5 Å². The molecule has 0 unspecified atom stereocenters. The van der Waals surface area contributed by atoms with Gasteiger partial charge in [-0.25, -0.2) is 13.2 Å². The summed E-state index contributed by atoms with van der Waals surface area (Å²) in [5.41, 5.74) is 0. The number of carbonyl (C=O) groups is 1. The van der Waals surface area contributed by atoms with Gasteiger partial charge in [-0.2, -0.15) is 0 Å². The number of hydrogen-bond acceptors (Lipinski definition) is 7. The minimum Gasteiger partial charge on any atom is -0.492 e. The van der Waals surface area contributed by atoms with Crippen molar-refractivity contribution < 1.29 is 28.3 Å². The Morgan fingerprint density at radius 3 is 2.64 bits per heavy atom. The highest BCUT2D eigenvalue weighted by atomic mass is 32.2. The van der Waals surface area contributed by atoms with Crippen LogP contribution in [0, 0.1) is 0 Å². The molecule has 4 N–H and O–H groups in total. The van der Waals surface area contributed by atoms with Crippen LogP contribution in [0.5, 0.6) is 11.8 Å². The van der Waals surface area contributed by atoms with Gasteiger partial charge in [0.05, 0.1) is 23.1 Å². The summed E-state index contributed by atoms with van der Waals surface area (Å²) < 4.78 is 25.1. The number of thiocarbonyl (C=S) groups is 1. The van der Waals surface area contributed by atoms with E-state index in [0.717, 1.165) is 0 Å². The second-order valence-electron chi connectivity index (χ2n) is 6.17. The molecule has 1 aromatic rings. The number of nitrogens with one attached hydrogen (secondary N) is 2. The maximum atomic E-state index is 12.2. The molecule has 0 amide bonds. The quantitative estimate of drug-likeness (QED) is 0.373. The van der Waals surface area contributed by atoms with Gasteiger partial charge in [0, 0.05) is 18.6 Å². The molecule has 0 radical (unpaired) electrons. The first-order valence-electron chi connectivity index (χ1n) is 7.87. The first-order chi connectivity index (χ1) is 11.8. The van der Waals surface area contributed by atoms with E-state index in [4.69, 9.17) is 17.1 Å². The van der Waals surface area contributed by atoms with Crippen molar-refractivity contribution in [3.8, 4) is 11.8 Å². The molecule has 1 aromatic heterocycles. The van der Waals surface area contributed by atoms with Crippen molar-refractivity contribution in [2.24, 2.45) is 0 Å². The fourth-order valence-corrected chi connectivity index (χ4v) is 5.82. The van der Waals surface area contributed by atoms with E-state index in [1.54, 1.807) is 0 Å². The van der Waals surface area contributed by atoms with E-state index in [0.29, 0.717) is 29.1 Å². The lowest BCUT2D eigenvalue weighted by atomic mass is 10.0. The van der Waals surface area contributed by atoms with Crippen molar-refractivity contribution >= 4 is 33.1 Å². The summed E-state index contributed by atoms with van der Waals surface area (Å²) in [7, 11) is -3.19. The predicted octanol–water partition coefficient (Wildman–Crippen LogP) is -0.573. The Kier molecular flexibility index (Phi) is 4.78. The standard InChI is InChI=1S/C14H19N3O6S2/c18-10-5-6-11(19)17(10)23-12(20)4-2-1-3-9-13-8(7-25(9,21)22)15-14(24)16-13/h5-6,8-9,13,18-19H,1-4,7H2,(H2,15,16,24)/t8-,9-,13-/m0/s1. The van der Waals surface area contributed by atoms with Gasteiger partial charge in [0.2, 0.25) is 11.8 Å². The minimum absolute atomic E-state index is 0.0437. The maximum Gasteiger partial charge on any atom is 0.333 e. The summed E-state index contributed by atoms with van der Waals surface area (Å²) in [5.74, 6) is -1.34. The summed E-state index contributed by atoms with van der Waals surface area (Å²) >= 11 is 5.03. The molecule has 2 aliphatic rings. The van der Waals surface area contributed by atoms with Crippen molar-refractivity contribution in [3.05, 3.63) is 12.1 Å². The largest absolute Gasteiger partial charge is 0.492 e. The van der Waals surface area contributed by atoms with E-state index in [-0.39, 0.29) is 36.0 Å². The number of sulfone groups is 1. The molecule has 138 valence electrons. The molecule has 0 aliphatic carbocycles. The number of fused-ring (bicyclic) bond motifs is 1. The molecule has 3 heterocycles. The fourth-order valence-electron chi connectivity index (χ4n) is 3.26. The Hall–Kier alpha value is -2.01. The van der Waals surface area contributed by atoms with Crippen molar-refractivity contribution in [2.75, 3.05) is 5.75 Å². The Morgan fingerprint density at radius 2 is 1.96 bits per heavy atom. The van der Waals surface area contributed by atoms with E-state index < -0.39 is 21.1 Å². The summed E-state index contributed by atoms with van der Waals surface area (Å²) in [4.78, 5) is 16.6. The molecular weight excluding hydrogens is 370 g/mol. The third-order valence-corrected chi connectivity index (χ3v) is 6.94. The van der Waals surface area contributed by atoms with Gasteiger partial charge in [0.25, 0.3) is 0 Å². The lowest BCUT2D eigenvalue weighted by Crippen LogP contribution is -2.39. The van der Waals surface area contributed by atoms with Crippen molar-refractivity contribution in [1.29, 1.82) is 0 Å². The zero-order valence-corrected chi connectivity index (χ0v) is 14.8. The van der Waals surface area contributed by atoms with Crippen LogP contribution in [0.2, 0.25) is 0 Å². The third-order valence-electron chi connectivity index (χ3n) is 4.43. The van der Waals surface area contributed by atoms with Crippen LogP contribution in [0.25, 0.3) is 0 Å². The molecule has 9 nitrogen and oxygen atoms in total. The van der Waals surface area contributed by atoms with E-state index in [1.165, 1.54) is 12.1 Å². The smallest absolute Gasteiger partial charge is 0.333 e. The topological polar surface area (TPSA) is 130 Å². The zero-order chi connectivity index (χ0) is 18.2. The van der Waals surface area contributed by atoms with Crippen LogP contribution in [0.15, 0.2) is 12.1 Å². The number of hydrogen-bond donors (Lipinski definition) is 4. The molecule has 0 bridgehead atoms. The molecule has 11 heteroatoms. The van der Waals surface area contributed by atoms with Gasteiger partial charge in [-0.15, -0.1) is 4.73 Å². The summed E-state index contributed by atoms with van der Waals surface area (Å²) in [6.45, 7) is 0. The highest BCUT2D eigenvalue weighted by molar-refractivity contribution is 7.92. The van der Waals surface area contributed by atoms with Crippen molar-refractivity contribution in [1.82, 2.24) is 15.4 Å². The number of aromatic nitrogens is 1. The average Bonchev–Trinajstić information content (AvgIpc) is 3.09. The number of carbonyl (C=O) groups excluding carboxylic acids is 1. The SMILES string of the molecule is O=C(CCCC[C@H]1[C@H]2NC(=S)N[C@H]2CS1(=O)=O)On1c(O)ccc1O. The highest BCUT2D eigenvalue weighted by Gasteiger charge is 2.50. The molecule has 2 fully saturated rings. The number of unbranched alkanes of at least 4 members (excludes halogenated alkanes) is 1. The Morgan fingerprint density at radius 1 is 1.28 bits per heavy atom. The van der Waals surface area contributed by atoms with Crippen LogP contribution in [0.4, 0.5) is 0 Å². The first kappa shape index (κ1) is 17.8. The van der Waals surface area contributed by atoms with Gasteiger partial charge in [0.15, 0.2) is 14.9 Å². The Balaban J connectivity index is 1.46. The molecule has 3 atom stereocenters. The second kappa shape index (κ2) is 6.71. The van der Waals surface area contributed by atoms with Crippen molar-refractivity contribution in [2.45, 2.75) is 43.0 Å². The highest BCUT2D eigenvalue weighted by Crippen LogP contribution is 2.28. The molecule has 25 heavy (non-hydrogen) atoms. The lowest BCUT2D eigenvalue weighted by Gasteiger charge is -2.16. The molecule has 2 saturated heterocycles. The zero-order valence-electron chi connectivity index (χ0n) is 13.2. The van der Waals surface area contributed by atoms with Gasteiger partial charge >= 0.3 is 5.97 Å². The minimum atomic E-state index is -3.19. The molecule has 2 aliphatic heterocycles. The number of rotatable bonds is 6. The van der Waals surface area contributed by atoms with Gasteiger partial charge in [-0.05, 0) is 25.1 Å². The Labute approximate surface area is 149 Å². The molecule has 0 spiro atoms. The van der Waals surface area contributed by atoms with Gasteiger partial charge in [-0.1, -0.05) is 6.42 Å². The normalized spacial score (nSPS) is 26.7. The summed E-state index contributed by atoms with van der Waals surface area (Å²) in [5, 5.41) is 24.7. The monoisotopic (exact) mass is 389 g/mol. The summed E-state index contributed by atoms with van der Waals surface area (Å²) in [6.07, 6.45) is 1.43. The van der Waals surface area contributed by atoms with E-state index in [1.807, 2.05) is 0 Å². The van der Waals surface area contributed by atoms with Crippen LogP contribution in [0.3, 0.4) is 0 Å².